The van der Waals surface area contributed by atoms with Crippen LogP contribution in [0.25, 0.3) is 0 Å². The van der Waals surface area contributed by atoms with Crippen molar-refractivity contribution < 1.29 is 31.2 Å². The summed E-state index contributed by atoms with van der Waals surface area (Å²) in [7, 11) is -4.01. The fourth-order valence-electron chi connectivity index (χ4n) is 4.83. The van der Waals surface area contributed by atoms with Crippen LogP contribution in [-0.2, 0) is 27.5 Å². The van der Waals surface area contributed by atoms with Crippen LogP contribution in [-0.4, -0.2) is 41.7 Å². The van der Waals surface area contributed by atoms with Crippen LogP contribution < -0.4 is 10.6 Å². The second kappa shape index (κ2) is 9.94. The highest BCUT2D eigenvalue weighted by Gasteiger charge is 2.57. The van der Waals surface area contributed by atoms with Crippen molar-refractivity contribution in [2.24, 2.45) is 0 Å². The van der Waals surface area contributed by atoms with Crippen molar-refractivity contribution >= 4 is 21.8 Å². The van der Waals surface area contributed by atoms with Crippen molar-refractivity contribution in [3.05, 3.63) is 77.9 Å². The SMILES string of the molecule is C=CC(=O)NC1CC(C)(C)N(S(=O)(=O)c2ccc(C(=O)NCc3ccc(C(F)(F)F)cc3)cc2)C1(C)C. The minimum Gasteiger partial charge on any atom is -0.348 e. The molecule has 0 aromatic heterocycles. The third kappa shape index (κ3) is 5.88. The Balaban J connectivity index is 1.75. The summed E-state index contributed by atoms with van der Waals surface area (Å²) in [6, 6.07) is 9.42. The summed E-state index contributed by atoms with van der Waals surface area (Å²) < 4.78 is 66.8. The minimum absolute atomic E-state index is 0.00495. The maximum atomic E-state index is 13.7. The fourth-order valence-corrected chi connectivity index (χ4v) is 6.99. The monoisotopic (exact) mass is 537 g/mol. The molecule has 0 spiro atoms. The summed E-state index contributed by atoms with van der Waals surface area (Å²) >= 11 is 0. The third-order valence-electron chi connectivity index (χ3n) is 6.52. The number of rotatable bonds is 7. The zero-order valence-electron chi connectivity index (χ0n) is 21.0. The van der Waals surface area contributed by atoms with Gasteiger partial charge in [0.15, 0.2) is 0 Å². The maximum absolute atomic E-state index is 13.7. The average Bonchev–Trinajstić information content (AvgIpc) is 3.00. The van der Waals surface area contributed by atoms with E-state index in [4.69, 9.17) is 0 Å². The molecule has 2 aromatic rings. The van der Waals surface area contributed by atoms with E-state index in [1.54, 1.807) is 27.7 Å². The molecule has 1 unspecified atom stereocenters. The van der Waals surface area contributed by atoms with E-state index in [0.717, 1.165) is 18.2 Å². The Kier molecular flexibility index (Phi) is 7.63. The fraction of sp³-hybridized carbons (Fsp3) is 0.385. The molecule has 7 nitrogen and oxygen atoms in total. The molecule has 11 heteroatoms. The number of nitrogens with zero attached hydrogens (tertiary/aromatic N) is 1. The Morgan fingerprint density at radius 3 is 2.14 bits per heavy atom. The molecule has 0 radical (unpaired) electrons. The lowest BCUT2D eigenvalue weighted by Gasteiger charge is -2.40. The van der Waals surface area contributed by atoms with Gasteiger partial charge in [-0.2, -0.15) is 17.5 Å². The van der Waals surface area contributed by atoms with E-state index in [1.807, 2.05) is 0 Å². The summed E-state index contributed by atoms with van der Waals surface area (Å²) in [5, 5.41) is 5.43. The van der Waals surface area contributed by atoms with Crippen molar-refractivity contribution in [3.8, 4) is 0 Å². The minimum atomic E-state index is -4.44. The van der Waals surface area contributed by atoms with Crippen molar-refractivity contribution in [2.45, 2.75) is 68.9 Å². The number of amides is 2. The Labute approximate surface area is 214 Å². The molecule has 37 heavy (non-hydrogen) atoms. The first-order valence-electron chi connectivity index (χ1n) is 11.5. The largest absolute Gasteiger partial charge is 0.416 e. The second-order valence-corrected chi connectivity index (χ2v) is 11.9. The van der Waals surface area contributed by atoms with E-state index < -0.39 is 44.8 Å². The lowest BCUT2D eigenvalue weighted by Crippen LogP contribution is -2.56. The van der Waals surface area contributed by atoms with Gasteiger partial charge in [-0.1, -0.05) is 18.7 Å². The topological polar surface area (TPSA) is 95.6 Å². The number of hydrogen-bond acceptors (Lipinski definition) is 4. The number of sulfonamides is 1. The summed E-state index contributed by atoms with van der Waals surface area (Å²) in [6.07, 6.45) is -2.91. The van der Waals surface area contributed by atoms with Gasteiger partial charge in [-0.15, -0.1) is 0 Å². The zero-order chi connectivity index (χ0) is 27.8. The van der Waals surface area contributed by atoms with Crippen molar-refractivity contribution in [1.29, 1.82) is 0 Å². The van der Waals surface area contributed by atoms with Crippen molar-refractivity contribution in [3.63, 3.8) is 0 Å². The summed E-state index contributed by atoms with van der Waals surface area (Å²) in [6.45, 7) is 10.5. The molecular formula is C26H30F3N3O4S. The van der Waals surface area contributed by atoms with Crippen LogP contribution in [0.4, 0.5) is 13.2 Å². The quantitative estimate of drug-likeness (QED) is 0.516. The van der Waals surface area contributed by atoms with Crippen LogP contribution in [0.3, 0.4) is 0 Å². The molecule has 1 aliphatic rings. The van der Waals surface area contributed by atoms with Crippen molar-refractivity contribution in [1.82, 2.24) is 14.9 Å². The third-order valence-corrected chi connectivity index (χ3v) is 8.83. The van der Waals surface area contributed by atoms with Crippen LogP contribution in [0, 0.1) is 0 Å². The van der Waals surface area contributed by atoms with E-state index in [1.165, 1.54) is 40.7 Å². The van der Waals surface area contributed by atoms with Gasteiger partial charge in [-0.25, -0.2) is 8.42 Å². The number of carbonyl (C=O) groups excluding carboxylic acids is 2. The van der Waals surface area contributed by atoms with Crippen LogP contribution in [0.15, 0.2) is 66.1 Å². The highest BCUT2D eigenvalue weighted by Crippen LogP contribution is 2.44. The summed E-state index contributed by atoms with van der Waals surface area (Å²) in [5.41, 5.74) is -1.85. The number of benzene rings is 2. The molecular weight excluding hydrogens is 507 g/mol. The van der Waals surface area contributed by atoms with Gasteiger partial charge >= 0.3 is 6.18 Å². The molecule has 0 aliphatic carbocycles. The molecule has 2 N–H and O–H groups in total. The molecule has 200 valence electrons. The number of carbonyl (C=O) groups is 2. The van der Waals surface area contributed by atoms with E-state index in [0.29, 0.717) is 12.0 Å². The normalized spacial score (nSPS) is 19.3. The Bertz CT molecular complexity index is 1290. The molecule has 0 bridgehead atoms. The van der Waals surface area contributed by atoms with Gasteiger partial charge in [-0.3, -0.25) is 9.59 Å². The molecule has 2 amide bonds. The smallest absolute Gasteiger partial charge is 0.348 e. The molecule has 1 atom stereocenters. The average molecular weight is 538 g/mol. The second-order valence-electron chi connectivity index (χ2n) is 10.1. The van der Waals surface area contributed by atoms with Gasteiger partial charge in [0, 0.05) is 23.7 Å². The van der Waals surface area contributed by atoms with E-state index in [9.17, 15) is 31.2 Å². The van der Waals surface area contributed by atoms with Gasteiger partial charge < -0.3 is 10.6 Å². The highest BCUT2D eigenvalue weighted by atomic mass is 32.2. The number of alkyl halides is 3. The van der Waals surface area contributed by atoms with Gasteiger partial charge in [0.2, 0.25) is 15.9 Å². The first-order valence-corrected chi connectivity index (χ1v) is 13.0. The molecule has 1 saturated heterocycles. The summed E-state index contributed by atoms with van der Waals surface area (Å²) in [5.74, 6) is -0.891. The van der Waals surface area contributed by atoms with E-state index >= 15 is 0 Å². The molecule has 1 fully saturated rings. The lowest BCUT2D eigenvalue weighted by molar-refractivity contribution is -0.137. The number of nitrogens with one attached hydrogen (secondary N) is 2. The molecule has 1 heterocycles. The maximum Gasteiger partial charge on any atom is 0.416 e. The van der Waals surface area contributed by atoms with E-state index in [-0.39, 0.29) is 22.9 Å². The molecule has 0 saturated carbocycles. The van der Waals surface area contributed by atoms with E-state index in [2.05, 4.69) is 17.2 Å². The van der Waals surface area contributed by atoms with Gasteiger partial charge in [0.05, 0.1) is 16.0 Å². The first-order chi connectivity index (χ1) is 17.0. The molecule has 3 rings (SSSR count). The lowest BCUT2D eigenvalue weighted by atomic mass is 9.94. The van der Waals surface area contributed by atoms with Crippen LogP contribution in [0.1, 0.15) is 55.6 Å². The predicted molar refractivity (Wildman–Crippen MR) is 133 cm³/mol. The zero-order valence-corrected chi connectivity index (χ0v) is 21.8. The predicted octanol–water partition coefficient (Wildman–Crippen LogP) is 4.26. The van der Waals surface area contributed by atoms with Gasteiger partial charge in [0.1, 0.15) is 0 Å². The molecule has 2 aromatic carbocycles. The van der Waals surface area contributed by atoms with Crippen LogP contribution in [0.5, 0.6) is 0 Å². The van der Waals surface area contributed by atoms with Crippen LogP contribution >= 0.6 is 0 Å². The van der Waals surface area contributed by atoms with Crippen LogP contribution in [0.2, 0.25) is 0 Å². The molecule has 1 aliphatic heterocycles. The number of halogens is 3. The van der Waals surface area contributed by atoms with Gasteiger partial charge in [0.25, 0.3) is 5.91 Å². The Morgan fingerprint density at radius 1 is 1.05 bits per heavy atom. The Morgan fingerprint density at radius 2 is 1.62 bits per heavy atom. The summed E-state index contributed by atoms with van der Waals surface area (Å²) in [4.78, 5) is 24.4. The Hall–Kier alpha value is -3.18. The highest BCUT2D eigenvalue weighted by molar-refractivity contribution is 7.89. The standard InChI is InChI=1S/C26H30F3N3O4S/c1-6-22(33)31-21-15-24(2,3)32(25(21,4)5)37(35,36)20-13-9-18(10-14-20)23(34)30-16-17-7-11-19(12-8-17)26(27,28)29/h6-14,21H,1,15-16H2,2-5H3,(H,30,34)(H,31,33). The first kappa shape index (κ1) is 28.4. The number of hydrogen-bond donors (Lipinski definition) is 2. The van der Waals surface area contributed by atoms with Crippen molar-refractivity contribution in [2.75, 3.05) is 0 Å². The van der Waals surface area contributed by atoms with Gasteiger partial charge in [-0.05, 0) is 82.2 Å².